The molecule has 0 radical (unpaired) electrons. The fourth-order valence-corrected chi connectivity index (χ4v) is 1.70. The first-order valence-corrected chi connectivity index (χ1v) is 5.31. The Bertz CT molecular complexity index is 516. The SMILES string of the molecule is COCc1ccc(-c2nc(C)n(N)c2N)cc1. The third-order valence-corrected chi connectivity index (χ3v) is 2.66. The number of hydrogen-bond donors (Lipinski definition) is 2. The molecule has 0 bridgehead atoms. The minimum atomic E-state index is 0.474. The maximum atomic E-state index is 5.88. The lowest BCUT2D eigenvalue weighted by Crippen LogP contribution is -2.13. The Balaban J connectivity index is 2.36. The molecule has 0 aliphatic heterocycles. The lowest BCUT2D eigenvalue weighted by molar-refractivity contribution is 0.185. The van der Waals surface area contributed by atoms with Crippen LogP contribution >= 0.6 is 0 Å². The second-order valence-electron chi connectivity index (χ2n) is 3.89. The molecule has 90 valence electrons. The second kappa shape index (κ2) is 4.47. The summed E-state index contributed by atoms with van der Waals surface area (Å²) in [5.41, 5.74) is 8.66. The molecule has 5 heteroatoms. The molecule has 1 heterocycles. The summed E-state index contributed by atoms with van der Waals surface area (Å²) in [5, 5.41) is 0. The number of hydrogen-bond acceptors (Lipinski definition) is 4. The molecule has 0 aliphatic carbocycles. The highest BCUT2D eigenvalue weighted by Crippen LogP contribution is 2.24. The first-order valence-electron chi connectivity index (χ1n) is 5.31. The van der Waals surface area contributed by atoms with E-state index in [1.54, 1.807) is 7.11 Å². The number of nitrogens with zero attached hydrogens (tertiary/aromatic N) is 2. The predicted molar refractivity (Wildman–Crippen MR) is 67.7 cm³/mol. The highest BCUT2D eigenvalue weighted by molar-refractivity contribution is 5.71. The molecule has 5 nitrogen and oxygen atoms in total. The summed E-state index contributed by atoms with van der Waals surface area (Å²) in [6, 6.07) is 7.91. The molecule has 2 rings (SSSR count). The van der Waals surface area contributed by atoms with Gasteiger partial charge in [0, 0.05) is 12.7 Å². The Morgan fingerprint density at radius 3 is 2.41 bits per heavy atom. The highest BCUT2D eigenvalue weighted by Gasteiger charge is 2.11. The minimum absolute atomic E-state index is 0.474. The summed E-state index contributed by atoms with van der Waals surface area (Å²) in [6.07, 6.45) is 0. The number of anilines is 1. The fraction of sp³-hybridized carbons (Fsp3) is 0.250. The number of nitrogen functional groups attached to an aromatic ring is 2. The van der Waals surface area contributed by atoms with Crippen molar-refractivity contribution in [3.8, 4) is 11.3 Å². The number of aromatic nitrogens is 2. The van der Waals surface area contributed by atoms with Gasteiger partial charge >= 0.3 is 0 Å². The van der Waals surface area contributed by atoms with E-state index >= 15 is 0 Å². The molecule has 0 saturated heterocycles. The summed E-state index contributed by atoms with van der Waals surface area (Å²) in [4.78, 5) is 4.34. The fourth-order valence-electron chi connectivity index (χ4n) is 1.70. The molecule has 4 N–H and O–H groups in total. The Morgan fingerprint density at radius 2 is 1.94 bits per heavy atom. The van der Waals surface area contributed by atoms with Crippen LogP contribution in [0.25, 0.3) is 11.3 Å². The van der Waals surface area contributed by atoms with Gasteiger partial charge in [-0.25, -0.2) is 9.66 Å². The van der Waals surface area contributed by atoms with Gasteiger partial charge in [-0.2, -0.15) is 0 Å². The monoisotopic (exact) mass is 232 g/mol. The van der Waals surface area contributed by atoms with Crippen molar-refractivity contribution < 1.29 is 4.74 Å². The quantitative estimate of drug-likeness (QED) is 0.782. The van der Waals surface area contributed by atoms with Crippen LogP contribution in [0.4, 0.5) is 5.82 Å². The topological polar surface area (TPSA) is 79.1 Å². The molecule has 0 saturated carbocycles. The normalized spacial score (nSPS) is 10.7. The number of imidazole rings is 1. The number of rotatable bonds is 3. The number of aryl methyl sites for hydroxylation is 1. The molecule has 1 aromatic heterocycles. The molecular formula is C12H16N4O. The number of nitrogens with two attached hydrogens (primary N) is 2. The van der Waals surface area contributed by atoms with Gasteiger partial charge in [0.25, 0.3) is 0 Å². The van der Waals surface area contributed by atoms with E-state index in [0.717, 1.165) is 11.1 Å². The van der Waals surface area contributed by atoms with Crippen molar-refractivity contribution in [1.82, 2.24) is 9.66 Å². The molecule has 0 aliphatic rings. The smallest absolute Gasteiger partial charge is 0.150 e. The molecule has 0 amide bonds. The molecular weight excluding hydrogens is 216 g/mol. The zero-order valence-electron chi connectivity index (χ0n) is 9.97. The van der Waals surface area contributed by atoms with Gasteiger partial charge in [0.05, 0.1) is 6.61 Å². The molecule has 0 spiro atoms. The van der Waals surface area contributed by atoms with Crippen LogP contribution in [0.15, 0.2) is 24.3 Å². The first kappa shape index (κ1) is 11.5. The zero-order valence-corrected chi connectivity index (χ0v) is 9.97. The van der Waals surface area contributed by atoms with E-state index < -0.39 is 0 Å². The van der Waals surface area contributed by atoms with Crippen molar-refractivity contribution in [1.29, 1.82) is 0 Å². The Hall–Kier alpha value is -2.01. The van der Waals surface area contributed by atoms with E-state index in [4.69, 9.17) is 16.3 Å². The van der Waals surface area contributed by atoms with Gasteiger partial charge in [-0.05, 0) is 12.5 Å². The highest BCUT2D eigenvalue weighted by atomic mass is 16.5. The van der Waals surface area contributed by atoms with Gasteiger partial charge in [-0.15, -0.1) is 0 Å². The largest absolute Gasteiger partial charge is 0.382 e. The van der Waals surface area contributed by atoms with Crippen LogP contribution < -0.4 is 11.6 Å². The summed E-state index contributed by atoms with van der Waals surface area (Å²) in [6.45, 7) is 2.42. The zero-order chi connectivity index (χ0) is 12.4. The number of methoxy groups -OCH3 is 1. The summed E-state index contributed by atoms with van der Waals surface area (Å²) < 4.78 is 6.44. The van der Waals surface area contributed by atoms with Gasteiger partial charge in [0.2, 0.25) is 0 Å². The van der Waals surface area contributed by atoms with Gasteiger partial charge < -0.3 is 16.3 Å². The van der Waals surface area contributed by atoms with Gasteiger partial charge in [0.15, 0.2) is 5.82 Å². The maximum Gasteiger partial charge on any atom is 0.150 e. The Labute approximate surface area is 100.0 Å². The summed E-state index contributed by atoms with van der Waals surface area (Å²) in [5.74, 6) is 6.89. The third-order valence-electron chi connectivity index (χ3n) is 2.66. The van der Waals surface area contributed by atoms with Crippen molar-refractivity contribution >= 4 is 5.82 Å². The van der Waals surface area contributed by atoms with Crippen LogP contribution in [0.3, 0.4) is 0 Å². The number of benzene rings is 1. The van der Waals surface area contributed by atoms with E-state index in [9.17, 15) is 0 Å². The Morgan fingerprint density at radius 1 is 1.29 bits per heavy atom. The number of ether oxygens (including phenoxy) is 1. The lowest BCUT2D eigenvalue weighted by atomic mass is 10.1. The minimum Gasteiger partial charge on any atom is -0.382 e. The van der Waals surface area contributed by atoms with Gasteiger partial charge in [-0.1, -0.05) is 24.3 Å². The molecule has 2 aromatic rings. The van der Waals surface area contributed by atoms with Gasteiger partial charge in [0.1, 0.15) is 11.5 Å². The summed E-state index contributed by atoms with van der Waals surface area (Å²) >= 11 is 0. The second-order valence-corrected chi connectivity index (χ2v) is 3.89. The Kier molecular flexibility index (Phi) is 3.01. The van der Waals surface area contributed by atoms with Crippen LogP contribution in [-0.2, 0) is 11.3 Å². The van der Waals surface area contributed by atoms with Crippen molar-refractivity contribution in [3.63, 3.8) is 0 Å². The third kappa shape index (κ3) is 2.09. The predicted octanol–water partition coefficient (Wildman–Crippen LogP) is 1.30. The standard InChI is InChI=1S/C12H16N4O/c1-8-15-11(12(13)16(8)14)10-5-3-9(4-6-10)7-17-2/h3-6H,7,13-14H2,1-2H3. The molecule has 1 aromatic carbocycles. The average Bonchev–Trinajstić information content (AvgIpc) is 2.59. The van der Waals surface area contributed by atoms with Crippen molar-refractivity contribution in [2.75, 3.05) is 18.7 Å². The van der Waals surface area contributed by atoms with Crippen LogP contribution in [0.5, 0.6) is 0 Å². The van der Waals surface area contributed by atoms with E-state index in [-0.39, 0.29) is 0 Å². The van der Waals surface area contributed by atoms with Gasteiger partial charge in [-0.3, -0.25) is 0 Å². The van der Waals surface area contributed by atoms with Crippen molar-refractivity contribution in [2.24, 2.45) is 0 Å². The van der Waals surface area contributed by atoms with E-state index in [2.05, 4.69) is 4.98 Å². The van der Waals surface area contributed by atoms with Crippen LogP contribution in [0, 0.1) is 6.92 Å². The average molecular weight is 232 g/mol. The van der Waals surface area contributed by atoms with Crippen molar-refractivity contribution in [3.05, 3.63) is 35.7 Å². The maximum absolute atomic E-state index is 5.88. The molecule has 0 unspecified atom stereocenters. The van der Waals surface area contributed by atoms with Crippen LogP contribution in [0.1, 0.15) is 11.4 Å². The van der Waals surface area contributed by atoms with E-state index in [0.29, 0.717) is 23.9 Å². The van der Waals surface area contributed by atoms with Crippen LogP contribution in [-0.4, -0.2) is 16.8 Å². The lowest BCUT2D eigenvalue weighted by Gasteiger charge is -2.02. The molecule has 0 atom stereocenters. The van der Waals surface area contributed by atoms with E-state index in [1.807, 2.05) is 31.2 Å². The van der Waals surface area contributed by atoms with Crippen molar-refractivity contribution in [2.45, 2.75) is 13.5 Å². The van der Waals surface area contributed by atoms with E-state index in [1.165, 1.54) is 4.68 Å². The summed E-state index contributed by atoms with van der Waals surface area (Å²) in [7, 11) is 1.67. The van der Waals surface area contributed by atoms with Crippen LogP contribution in [0.2, 0.25) is 0 Å². The molecule has 17 heavy (non-hydrogen) atoms. The first-order chi connectivity index (χ1) is 8.13. The molecule has 0 fully saturated rings.